The van der Waals surface area contributed by atoms with E-state index in [0.29, 0.717) is 28.9 Å². The van der Waals surface area contributed by atoms with Gasteiger partial charge in [0.05, 0.1) is 0 Å². The number of anilines is 1. The van der Waals surface area contributed by atoms with Gasteiger partial charge in [-0.15, -0.1) is 0 Å². The van der Waals surface area contributed by atoms with Gasteiger partial charge in [0.25, 0.3) is 5.78 Å². The van der Waals surface area contributed by atoms with Crippen molar-refractivity contribution >= 4 is 23.2 Å². The highest BCUT2D eigenvalue weighted by molar-refractivity contribution is 6.29. The first-order valence-corrected chi connectivity index (χ1v) is 5.95. The number of fused-ring (bicyclic) bond motifs is 1. The third kappa shape index (κ3) is 2.34. The zero-order chi connectivity index (χ0) is 13.2. The molecule has 5 nitrogen and oxygen atoms in total. The Balaban J connectivity index is 1.90. The summed E-state index contributed by atoms with van der Waals surface area (Å²) in [6, 6.07) is 8.18. The van der Waals surface area contributed by atoms with E-state index in [-0.39, 0.29) is 5.82 Å². The van der Waals surface area contributed by atoms with Gasteiger partial charge in [-0.05, 0) is 6.07 Å². The lowest BCUT2D eigenvalue weighted by molar-refractivity contribution is 0.612. The molecule has 1 aromatic carbocycles. The molecule has 0 saturated carbocycles. The van der Waals surface area contributed by atoms with E-state index in [2.05, 4.69) is 20.4 Å². The van der Waals surface area contributed by atoms with Crippen molar-refractivity contribution in [1.29, 1.82) is 0 Å². The molecule has 19 heavy (non-hydrogen) atoms. The molecule has 2 heterocycles. The largest absolute Gasteiger partial charge is 0.366 e. The van der Waals surface area contributed by atoms with Gasteiger partial charge in [0.1, 0.15) is 23.1 Å². The highest BCUT2D eigenvalue weighted by Crippen LogP contribution is 2.16. The van der Waals surface area contributed by atoms with Crippen LogP contribution < -0.4 is 5.32 Å². The zero-order valence-electron chi connectivity index (χ0n) is 9.72. The van der Waals surface area contributed by atoms with E-state index in [1.54, 1.807) is 24.3 Å². The van der Waals surface area contributed by atoms with Crippen molar-refractivity contribution in [2.24, 2.45) is 0 Å². The van der Waals surface area contributed by atoms with Crippen LogP contribution in [-0.2, 0) is 6.54 Å². The van der Waals surface area contributed by atoms with Crippen LogP contribution in [0.2, 0.25) is 5.15 Å². The summed E-state index contributed by atoms with van der Waals surface area (Å²) in [6.07, 6.45) is 1.38. The highest BCUT2D eigenvalue weighted by Gasteiger charge is 2.07. The first-order chi connectivity index (χ1) is 9.24. The van der Waals surface area contributed by atoms with Crippen LogP contribution in [0.3, 0.4) is 0 Å². The van der Waals surface area contributed by atoms with E-state index in [0.717, 1.165) is 0 Å². The fraction of sp³-hybridized carbons (Fsp3) is 0.0833. The molecule has 0 unspecified atom stereocenters. The van der Waals surface area contributed by atoms with Gasteiger partial charge >= 0.3 is 0 Å². The first kappa shape index (κ1) is 11.9. The molecule has 0 radical (unpaired) electrons. The van der Waals surface area contributed by atoms with E-state index >= 15 is 0 Å². The standard InChI is InChI=1S/C12H9ClFN5/c13-10-5-11(19-12(18-10)16-7-17-19)15-6-8-3-1-2-4-9(8)14/h1-5,7,15H,6H2. The van der Waals surface area contributed by atoms with Crippen LogP contribution in [0.1, 0.15) is 5.56 Å². The summed E-state index contributed by atoms with van der Waals surface area (Å²) in [5, 5.41) is 7.39. The van der Waals surface area contributed by atoms with Gasteiger partial charge in [-0.2, -0.15) is 19.6 Å². The van der Waals surface area contributed by atoms with Gasteiger partial charge in [-0.1, -0.05) is 29.8 Å². The number of halogens is 2. The molecule has 3 rings (SSSR count). The second-order valence-electron chi connectivity index (χ2n) is 3.88. The van der Waals surface area contributed by atoms with Crippen molar-refractivity contribution in [3.05, 3.63) is 53.2 Å². The van der Waals surface area contributed by atoms with Crippen molar-refractivity contribution in [2.45, 2.75) is 6.54 Å². The Hall–Kier alpha value is -2.21. The van der Waals surface area contributed by atoms with Crippen LogP contribution >= 0.6 is 11.6 Å². The molecule has 0 aliphatic rings. The molecule has 0 atom stereocenters. The number of hydrogen-bond acceptors (Lipinski definition) is 4. The van der Waals surface area contributed by atoms with E-state index in [1.807, 2.05) is 0 Å². The quantitative estimate of drug-likeness (QED) is 0.748. The van der Waals surface area contributed by atoms with E-state index in [4.69, 9.17) is 11.6 Å². The summed E-state index contributed by atoms with van der Waals surface area (Å²) >= 11 is 5.89. The van der Waals surface area contributed by atoms with Gasteiger partial charge in [0.15, 0.2) is 0 Å². The van der Waals surface area contributed by atoms with Crippen LogP contribution in [0.4, 0.5) is 10.2 Å². The smallest absolute Gasteiger partial charge is 0.255 e. The second kappa shape index (κ2) is 4.81. The molecular weight excluding hydrogens is 269 g/mol. The third-order valence-electron chi connectivity index (χ3n) is 2.64. The minimum atomic E-state index is -0.259. The molecule has 0 spiro atoms. The van der Waals surface area contributed by atoms with Crippen molar-refractivity contribution in [3.8, 4) is 0 Å². The Labute approximate surface area is 113 Å². The summed E-state index contributed by atoms with van der Waals surface area (Å²) < 4.78 is 15.0. The lowest BCUT2D eigenvalue weighted by Gasteiger charge is -2.08. The van der Waals surface area contributed by atoms with Crippen LogP contribution in [0.25, 0.3) is 5.78 Å². The van der Waals surface area contributed by atoms with Crippen LogP contribution in [0.15, 0.2) is 36.7 Å². The maximum absolute atomic E-state index is 13.5. The molecule has 2 aromatic heterocycles. The number of benzene rings is 1. The zero-order valence-corrected chi connectivity index (χ0v) is 10.5. The maximum Gasteiger partial charge on any atom is 0.255 e. The molecule has 0 saturated heterocycles. The summed E-state index contributed by atoms with van der Waals surface area (Å²) in [6.45, 7) is 0.321. The van der Waals surface area contributed by atoms with Gasteiger partial charge in [-0.25, -0.2) is 4.39 Å². The van der Waals surface area contributed by atoms with Crippen molar-refractivity contribution in [1.82, 2.24) is 19.6 Å². The van der Waals surface area contributed by atoms with Crippen molar-refractivity contribution in [2.75, 3.05) is 5.32 Å². The molecule has 7 heteroatoms. The first-order valence-electron chi connectivity index (χ1n) is 5.57. The lowest BCUT2D eigenvalue weighted by Crippen LogP contribution is -2.07. The summed E-state index contributed by atoms with van der Waals surface area (Å²) in [5.41, 5.74) is 0.559. The van der Waals surface area contributed by atoms with E-state index in [1.165, 1.54) is 16.9 Å². The Bertz CT molecular complexity index is 727. The Morgan fingerprint density at radius 2 is 2.16 bits per heavy atom. The molecule has 96 valence electrons. The molecule has 0 amide bonds. The third-order valence-corrected chi connectivity index (χ3v) is 2.83. The summed E-state index contributed by atoms with van der Waals surface area (Å²) in [7, 11) is 0. The molecular formula is C12H9ClFN5. The van der Waals surface area contributed by atoms with Gasteiger partial charge in [-0.3, -0.25) is 0 Å². The highest BCUT2D eigenvalue weighted by atomic mass is 35.5. The van der Waals surface area contributed by atoms with Gasteiger partial charge < -0.3 is 5.32 Å². The predicted molar refractivity (Wildman–Crippen MR) is 69.5 cm³/mol. The molecule has 1 N–H and O–H groups in total. The Morgan fingerprint density at radius 3 is 3.00 bits per heavy atom. The summed E-state index contributed by atoms with van der Waals surface area (Å²) in [5.74, 6) is 0.740. The normalized spacial score (nSPS) is 10.8. The number of aromatic nitrogens is 4. The van der Waals surface area contributed by atoms with Crippen LogP contribution in [-0.4, -0.2) is 19.6 Å². The maximum atomic E-state index is 13.5. The molecule has 0 aliphatic heterocycles. The topological polar surface area (TPSA) is 55.1 Å². The fourth-order valence-electron chi connectivity index (χ4n) is 1.74. The van der Waals surface area contributed by atoms with Crippen LogP contribution in [0.5, 0.6) is 0 Å². The van der Waals surface area contributed by atoms with E-state index < -0.39 is 0 Å². The number of hydrogen-bond donors (Lipinski definition) is 1. The minimum absolute atomic E-state index is 0.259. The average molecular weight is 278 g/mol. The monoisotopic (exact) mass is 277 g/mol. The molecule has 3 aromatic rings. The number of rotatable bonds is 3. The predicted octanol–water partition coefficient (Wildman–Crippen LogP) is 2.53. The van der Waals surface area contributed by atoms with E-state index in [9.17, 15) is 4.39 Å². The second-order valence-corrected chi connectivity index (χ2v) is 4.27. The van der Waals surface area contributed by atoms with Crippen molar-refractivity contribution < 1.29 is 4.39 Å². The fourth-order valence-corrected chi connectivity index (χ4v) is 1.92. The molecule has 0 bridgehead atoms. The average Bonchev–Trinajstić information content (AvgIpc) is 2.85. The van der Waals surface area contributed by atoms with Crippen molar-refractivity contribution in [3.63, 3.8) is 0 Å². The summed E-state index contributed by atoms with van der Waals surface area (Å²) in [4.78, 5) is 7.96. The SMILES string of the molecule is Fc1ccccc1CNc1cc(Cl)nc2ncnn12. The molecule has 0 fully saturated rings. The number of nitrogens with zero attached hydrogens (tertiary/aromatic N) is 4. The molecule has 0 aliphatic carbocycles. The van der Waals surface area contributed by atoms with Gasteiger partial charge in [0, 0.05) is 18.2 Å². The Morgan fingerprint density at radius 1 is 1.32 bits per heavy atom. The minimum Gasteiger partial charge on any atom is -0.366 e. The van der Waals surface area contributed by atoms with Gasteiger partial charge in [0.2, 0.25) is 0 Å². The lowest BCUT2D eigenvalue weighted by atomic mass is 10.2. The Kier molecular flexibility index (Phi) is 3.00. The number of nitrogens with one attached hydrogen (secondary N) is 1. The van der Waals surface area contributed by atoms with Crippen LogP contribution in [0, 0.1) is 5.82 Å².